The summed E-state index contributed by atoms with van der Waals surface area (Å²) in [7, 11) is 0. The van der Waals surface area contributed by atoms with E-state index >= 15 is 0 Å². The highest BCUT2D eigenvalue weighted by Crippen LogP contribution is 2.29. The zero-order valence-corrected chi connectivity index (χ0v) is 19.2. The zero-order valence-electron chi connectivity index (χ0n) is 17.6. The van der Waals surface area contributed by atoms with Gasteiger partial charge in [-0.3, -0.25) is 9.48 Å². The summed E-state index contributed by atoms with van der Waals surface area (Å²) < 4.78 is 19.7. The molecular formula is C25H16BrFN6O. The van der Waals surface area contributed by atoms with Gasteiger partial charge in [-0.05, 0) is 57.9 Å². The molecule has 3 heterocycles. The van der Waals surface area contributed by atoms with E-state index in [4.69, 9.17) is 0 Å². The molecule has 2 aliphatic rings. The number of aromatic nitrogens is 6. The molecule has 0 fully saturated rings. The van der Waals surface area contributed by atoms with E-state index in [9.17, 15) is 9.18 Å². The van der Waals surface area contributed by atoms with Crippen molar-refractivity contribution >= 4 is 26.8 Å². The van der Waals surface area contributed by atoms with Crippen LogP contribution in [0.1, 0.15) is 5.56 Å². The Morgan fingerprint density at radius 1 is 0.882 bits per heavy atom. The summed E-state index contributed by atoms with van der Waals surface area (Å²) in [5.41, 5.74) is 2.98. The van der Waals surface area contributed by atoms with E-state index in [-0.39, 0.29) is 11.4 Å². The Kier molecular flexibility index (Phi) is 4.84. The normalized spacial score (nSPS) is 11.5. The molecule has 34 heavy (non-hydrogen) atoms. The minimum atomic E-state index is -0.547. The first-order chi connectivity index (χ1) is 16.6. The lowest BCUT2D eigenvalue weighted by atomic mass is 10.1. The molecule has 0 bridgehead atoms. The van der Waals surface area contributed by atoms with Gasteiger partial charge in [0.15, 0.2) is 5.69 Å². The van der Waals surface area contributed by atoms with Crippen molar-refractivity contribution in [1.82, 2.24) is 29.3 Å². The fourth-order valence-electron chi connectivity index (χ4n) is 4.05. The molecule has 0 unspecified atom stereocenters. The number of para-hydroxylation sites is 2. The molecule has 6 rings (SSSR count). The third-order valence-electron chi connectivity index (χ3n) is 5.66. The Balaban J connectivity index is 1.49. The van der Waals surface area contributed by atoms with Gasteiger partial charge in [0.1, 0.15) is 17.2 Å². The first-order valence-electron chi connectivity index (χ1n) is 10.5. The third-order valence-corrected chi connectivity index (χ3v) is 6.30. The van der Waals surface area contributed by atoms with Crippen molar-refractivity contribution < 1.29 is 4.39 Å². The Morgan fingerprint density at radius 3 is 2.47 bits per heavy atom. The average molecular weight is 515 g/mol. The van der Waals surface area contributed by atoms with E-state index < -0.39 is 11.4 Å². The minimum Gasteiger partial charge on any atom is -0.265 e. The molecule has 0 amide bonds. The van der Waals surface area contributed by atoms with E-state index in [1.165, 1.54) is 6.07 Å². The van der Waals surface area contributed by atoms with Crippen molar-refractivity contribution in [3.8, 4) is 22.8 Å². The first kappa shape index (κ1) is 20.5. The molecule has 166 valence electrons. The summed E-state index contributed by atoms with van der Waals surface area (Å²) in [6.07, 6.45) is 3.61. The van der Waals surface area contributed by atoms with Gasteiger partial charge in [0.25, 0.3) is 0 Å². The maximum atomic E-state index is 14.6. The standard InChI is InChI=1S/C25H16BrFN6O/c26-19-6-3-7-20(27)24(19)33-25(34)23-22(30-33)18-5-1-2-8-21(18)32(29-23)15-16-9-11-17(12-10-16)31-14-4-13-28-31/h1-14H,15H2. The molecule has 3 aromatic carbocycles. The van der Waals surface area contributed by atoms with Gasteiger partial charge in [0.2, 0.25) is 0 Å². The maximum absolute atomic E-state index is 14.6. The van der Waals surface area contributed by atoms with Crippen LogP contribution in [0.2, 0.25) is 0 Å². The van der Waals surface area contributed by atoms with Gasteiger partial charge in [-0.15, -0.1) is 0 Å². The highest BCUT2D eigenvalue weighted by atomic mass is 79.9. The van der Waals surface area contributed by atoms with Crippen molar-refractivity contribution in [2.24, 2.45) is 0 Å². The van der Waals surface area contributed by atoms with Gasteiger partial charge in [-0.2, -0.15) is 20.0 Å². The molecule has 0 atom stereocenters. The van der Waals surface area contributed by atoms with Crippen molar-refractivity contribution in [1.29, 1.82) is 0 Å². The monoisotopic (exact) mass is 514 g/mol. The first-order valence-corrected chi connectivity index (χ1v) is 11.3. The lowest BCUT2D eigenvalue weighted by Gasteiger charge is -2.12. The predicted octanol–water partition coefficient (Wildman–Crippen LogP) is 4.82. The van der Waals surface area contributed by atoms with Crippen LogP contribution in [-0.4, -0.2) is 29.3 Å². The molecule has 2 aliphatic heterocycles. The topological polar surface area (TPSA) is 70.5 Å². The van der Waals surface area contributed by atoms with E-state index in [0.29, 0.717) is 16.7 Å². The molecule has 0 aliphatic carbocycles. The summed E-state index contributed by atoms with van der Waals surface area (Å²) in [6.45, 7) is 0.448. The van der Waals surface area contributed by atoms with E-state index in [2.05, 4.69) is 31.2 Å². The van der Waals surface area contributed by atoms with Crippen molar-refractivity contribution in [3.63, 3.8) is 0 Å². The molecule has 7 nitrogen and oxygen atoms in total. The van der Waals surface area contributed by atoms with Gasteiger partial charge in [0.05, 0.1) is 17.7 Å². The van der Waals surface area contributed by atoms with Crippen molar-refractivity contribution in [3.05, 3.63) is 111 Å². The molecule has 0 spiro atoms. The smallest absolute Gasteiger partial charge is 0.265 e. The zero-order chi connectivity index (χ0) is 23.2. The fourth-order valence-corrected chi connectivity index (χ4v) is 4.56. The molecular weight excluding hydrogens is 499 g/mol. The Hall–Kier alpha value is -4.11. The summed E-state index contributed by atoms with van der Waals surface area (Å²) in [4.78, 5) is 13.3. The van der Waals surface area contributed by atoms with Gasteiger partial charge >= 0.3 is 5.56 Å². The van der Waals surface area contributed by atoms with E-state index in [1.807, 2.05) is 60.8 Å². The van der Waals surface area contributed by atoms with Crippen LogP contribution in [0.3, 0.4) is 0 Å². The second-order valence-electron chi connectivity index (χ2n) is 7.78. The van der Waals surface area contributed by atoms with Crippen LogP contribution in [0.4, 0.5) is 4.39 Å². The van der Waals surface area contributed by atoms with Crippen LogP contribution >= 0.6 is 15.9 Å². The Morgan fingerprint density at radius 2 is 1.71 bits per heavy atom. The molecule has 4 aromatic rings. The Labute approximate surface area is 201 Å². The number of rotatable bonds is 4. The van der Waals surface area contributed by atoms with Gasteiger partial charge in [-0.25, -0.2) is 9.07 Å². The van der Waals surface area contributed by atoms with Crippen LogP contribution in [0.5, 0.6) is 0 Å². The van der Waals surface area contributed by atoms with Gasteiger partial charge in [0, 0.05) is 22.3 Å². The van der Waals surface area contributed by atoms with Crippen LogP contribution in [-0.2, 0) is 6.54 Å². The van der Waals surface area contributed by atoms with Crippen LogP contribution in [0, 0.1) is 5.82 Å². The molecule has 0 radical (unpaired) electrons. The number of hydrogen-bond donors (Lipinski definition) is 0. The van der Waals surface area contributed by atoms with Gasteiger partial charge in [-0.1, -0.05) is 36.4 Å². The molecule has 0 saturated heterocycles. The van der Waals surface area contributed by atoms with Crippen LogP contribution < -0.4 is 5.56 Å². The lowest BCUT2D eigenvalue weighted by Crippen LogP contribution is -2.18. The predicted molar refractivity (Wildman–Crippen MR) is 130 cm³/mol. The minimum absolute atomic E-state index is 0.0651. The molecule has 0 N–H and O–H groups in total. The number of hydrogen-bond acceptors (Lipinski definition) is 4. The second-order valence-corrected chi connectivity index (χ2v) is 8.63. The summed E-state index contributed by atoms with van der Waals surface area (Å²) in [5.74, 6) is -0.547. The van der Waals surface area contributed by atoms with Crippen molar-refractivity contribution in [2.45, 2.75) is 6.54 Å². The SMILES string of the molecule is O=c1c2nn(Cc3ccc(-n4cccn4)cc3)c3ccccc3c-2nn1-c1c(F)cccc1Br. The number of benzene rings is 3. The second kappa shape index (κ2) is 8.03. The Bertz CT molecular complexity index is 1650. The van der Waals surface area contributed by atoms with Gasteiger partial charge < -0.3 is 0 Å². The van der Waals surface area contributed by atoms with Crippen LogP contribution in [0.15, 0.2) is 94.5 Å². The van der Waals surface area contributed by atoms with Crippen LogP contribution in [0.25, 0.3) is 33.7 Å². The van der Waals surface area contributed by atoms with E-state index in [1.54, 1.807) is 27.7 Å². The number of nitrogens with zero attached hydrogens (tertiary/aromatic N) is 6. The highest BCUT2D eigenvalue weighted by Gasteiger charge is 2.24. The fraction of sp³-hybridized carbons (Fsp3) is 0.0400. The quantitative estimate of drug-likeness (QED) is 0.338. The summed E-state index contributed by atoms with van der Waals surface area (Å²) >= 11 is 3.33. The molecule has 1 aromatic heterocycles. The molecule has 0 saturated carbocycles. The lowest BCUT2D eigenvalue weighted by molar-refractivity contribution is 0.607. The van der Waals surface area contributed by atoms with Crippen molar-refractivity contribution in [2.75, 3.05) is 0 Å². The largest absolute Gasteiger partial charge is 0.301 e. The number of halogens is 2. The number of fused-ring (bicyclic) bond motifs is 3. The highest BCUT2D eigenvalue weighted by molar-refractivity contribution is 9.10. The summed E-state index contributed by atoms with van der Waals surface area (Å²) in [5, 5.41) is 14.1. The summed E-state index contributed by atoms with van der Waals surface area (Å²) in [6, 6.07) is 22.0. The average Bonchev–Trinajstić information content (AvgIpc) is 3.49. The molecule has 9 heteroatoms. The third kappa shape index (κ3) is 3.32. The van der Waals surface area contributed by atoms with E-state index in [0.717, 1.165) is 26.8 Å². The maximum Gasteiger partial charge on any atom is 0.301 e.